The second-order valence-corrected chi connectivity index (χ2v) is 5.93. The highest BCUT2D eigenvalue weighted by Crippen LogP contribution is 2.27. The zero-order chi connectivity index (χ0) is 17.4. The van der Waals surface area contributed by atoms with Gasteiger partial charge in [0.1, 0.15) is 12.4 Å². The summed E-state index contributed by atoms with van der Waals surface area (Å²) in [5.74, 6) is 1.96. The van der Waals surface area contributed by atoms with E-state index in [-0.39, 0.29) is 12.3 Å². The highest BCUT2D eigenvalue weighted by atomic mass is 79.9. The first-order valence-corrected chi connectivity index (χ1v) is 8.27. The van der Waals surface area contributed by atoms with E-state index >= 15 is 0 Å². The van der Waals surface area contributed by atoms with Crippen LogP contribution in [0.1, 0.15) is 5.56 Å². The van der Waals surface area contributed by atoms with Gasteiger partial charge in [0.05, 0.1) is 27.2 Å². The van der Waals surface area contributed by atoms with E-state index < -0.39 is 0 Å². The van der Waals surface area contributed by atoms with Gasteiger partial charge in [0.25, 0.3) is 0 Å². The predicted octanol–water partition coefficient (Wildman–Crippen LogP) is 3.20. The minimum atomic E-state index is -0.0679. The first-order valence-electron chi connectivity index (χ1n) is 7.48. The van der Waals surface area contributed by atoms with Crippen molar-refractivity contribution in [2.45, 2.75) is 6.42 Å². The molecule has 0 saturated heterocycles. The van der Waals surface area contributed by atoms with Crippen molar-refractivity contribution >= 4 is 21.8 Å². The summed E-state index contributed by atoms with van der Waals surface area (Å²) < 4.78 is 17.0. The van der Waals surface area contributed by atoms with Crippen molar-refractivity contribution in [3.8, 4) is 17.2 Å². The lowest BCUT2D eigenvalue weighted by atomic mass is 10.1. The van der Waals surface area contributed by atoms with Gasteiger partial charge in [-0.1, -0.05) is 22.0 Å². The van der Waals surface area contributed by atoms with Crippen molar-refractivity contribution < 1.29 is 19.0 Å². The Hall–Kier alpha value is -2.21. The van der Waals surface area contributed by atoms with Crippen molar-refractivity contribution in [2.24, 2.45) is 0 Å². The molecule has 1 N–H and O–H groups in total. The van der Waals surface area contributed by atoms with Gasteiger partial charge in [-0.2, -0.15) is 0 Å². The van der Waals surface area contributed by atoms with E-state index in [1.54, 1.807) is 26.4 Å². The summed E-state index contributed by atoms with van der Waals surface area (Å²) in [5, 5.41) is 2.83. The van der Waals surface area contributed by atoms with E-state index in [4.69, 9.17) is 14.2 Å². The van der Waals surface area contributed by atoms with E-state index in [0.29, 0.717) is 24.7 Å². The number of hydrogen-bond acceptors (Lipinski definition) is 4. The number of halogens is 1. The molecule has 0 aliphatic heterocycles. The van der Waals surface area contributed by atoms with Gasteiger partial charge in [-0.15, -0.1) is 0 Å². The van der Waals surface area contributed by atoms with Crippen LogP contribution in [0, 0.1) is 0 Å². The van der Waals surface area contributed by atoms with Crippen LogP contribution in [-0.2, 0) is 11.2 Å². The molecule has 0 saturated carbocycles. The maximum Gasteiger partial charge on any atom is 0.224 e. The molecule has 6 heteroatoms. The summed E-state index contributed by atoms with van der Waals surface area (Å²) in [6.07, 6.45) is 0.276. The Morgan fingerprint density at radius 3 is 2.42 bits per heavy atom. The van der Waals surface area contributed by atoms with Gasteiger partial charge in [0.2, 0.25) is 5.91 Å². The smallest absolute Gasteiger partial charge is 0.224 e. The monoisotopic (exact) mass is 393 g/mol. The van der Waals surface area contributed by atoms with Gasteiger partial charge in [-0.3, -0.25) is 4.79 Å². The fraction of sp³-hybridized carbons (Fsp3) is 0.278. The molecule has 0 spiro atoms. The quantitative estimate of drug-likeness (QED) is 0.699. The fourth-order valence-corrected chi connectivity index (χ4v) is 2.39. The molecule has 0 fully saturated rings. The molecule has 2 aromatic rings. The molecule has 0 unspecified atom stereocenters. The second kappa shape index (κ2) is 9.17. The zero-order valence-corrected chi connectivity index (χ0v) is 15.3. The molecular weight excluding hydrogens is 374 g/mol. The number of amides is 1. The molecule has 2 aromatic carbocycles. The Bertz CT molecular complexity index is 673. The third-order valence-electron chi connectivity index (χ3n) is 3.32. The maximum atomic E-state index is 12.0. The molecule has 0 radical (unpaired) electrons. The van der Waals surface area contributed by atoms with Crippen LogP contribution >= 0.6 is 15.9 Å². The Kier molecular flexibility index (Phi) is 6.93. The van der Waals surface area contributed by atoms with Crippen molar-refractivity contribution in [3.63, 3.8) is 0 Å². The Morgan fingerprint density at radius 1 is 1.04 bits per heavy atom. The zero-order valence-electron chi connectivity index (χ0n) is 13.7. The van der Waals surface area contributed by atoms with E-state index in [9.17, 15) is 4.79 Å². The van der Waals surface area contributed by atoms with Crippen molar-refractivity contribution in [1.82, 2.24) is 5.32 Å². The molecule has 0 atom stereocenters. The van der Waals surface area contributed by atoms with Crippen molar-refractivity contribution in [3.05, 3.63) is 52.5 Å². The van der Waals surface area contributed by atoms with Crippen LogP contribution in [0.4, 0.5) is 0 Å². The first-order chi connectivity index (χ1) is 11.6. The average Bonchev–Trinajstić information content (AvgIpc) is 2.60. The molecule has 0 heterocycles. The maximum absolute atomic E-state index is 12.0. The molecule has 0 aromatic heterocycles. The highest BCUT2D eigenvalue weighted by molar-refractivity contribution is 9.10. The minimum absolute atomic E-state index is 0.0679. The fourth-order valence-electron chi connectivity index (χ4n) is 2.13. The largest absolute Gasteiger partial charge is 0.493 e. The van der Waals surface area contributed by atoms with Gasteiger partial charge in [-0.05, 0) is 42.0 Å². The number of ether oxygens (including phenoxy) is 3. The molecule has 1 amide bonds. The van der Waals surface area contributed by atoms with Crippen molar-refractivity contribution in [2.75, 3.05) is 27.4 Å². The molecule has 128 valence electrons. The normalized spacial score (nSPS) is 10.1. The standard InChI is InChI=1S/C18H20BrNO4/c1-22-16-8-3-13(11-17(16)23-2)12-18(21)20-9-10-24-15-6-4-14(19)5-7-15/h3-8,11H,9-10,12H2,1-2H3,(H,20,21). The van der Waals surface area contributed by atoms with Gasteiger partial charge in [0, 0.05) is 4.47 Å². The summed E-state index contributed by atoms with van der Waals surface area (Å²) in [4.78, 5) is 12.0. The van der Waals surface area contributed by atoms with Crippen LogP contribution in [0.5, 0.6) is 17.2 Å². The lowest BCUT2D eigenvalue weighted by molar-refractivity contribution is -0.120. The Morgan fingerprint density at radius 2 is 1.75 bits per heavy atom. The number of carbonyl (C=O) groups is 1. The van der Waals surface area contributed by atoms with Crippen LogP contribution < -0.4 is 19.5 Å². The number of hydrogen-bond donors (Lipinski definition) is 1. The SMILES string of the molecule is COc1ccc(CC(=O)NCCOc2ccc(Br)cc2)cc1OC. The van der Waals surface area contributed by atoms with Gasteiger partial charge in [-0.25, -0.2) is 0 Å². The van der Waals surface area contributed by atoms with E-state index in [0.717, 1.165) is 15.8 Å². The van der Waals surface area contributed by atoms with Crippen LogP contribution in [0.15, 0.2) is 46.9 Å². The van der Waals surface area contributed by atoms with E-state index in [1.807, 2.05) is 30.3 Å². The lowest BCUT2D eigenvalue weighted by Crippen LogP contribution is -2.29. The molecular formula is C18H20BrNO4. The molecule has 5 nitrogen and oxygen atoms in total. The van der Waals surface area contributed by atoms with Crippen LogP contribution in [0.2, 0.25) is 0 Å². The van der Waals surface area contributed by atoms with Gasteiger partial charge >= 0.3 is 0 Å². The summed E-state index contributed by atoms with van der Waals surface area (Å²) in [7, 11) is 3.15. The molecule has 0 aliphatic carbocycles. The van der Waals surface area contributed by atoms with Gasteiger partial charge in [0.15, 0.2) is 11.5 Å². The molecule has 0 bridgehead atoms. The average molecular weight is 394 g/mol. The summed E-state index contributed by atoms with van der Waals surface area (Å²) in [6, 6.07) is 13.0. The molecule has 24 heavy (non-hydrogen) atoms. The highest BCUT2D eigenvalue weighted by Gasteiger charge is 2.08. The van der Waals surface area contributed by atoms with Crippen LogP contribution in [0.3, 0.4) is 0 Å². The van der Waals surface area contributed by atoms with Gasteiger partial charge < -0.3 is 19.5 Å². The molecule has 2 rings (SSSR count). The predicted molar refractivity (Wildman–Crippen MR) is 95.9 cm³/mol. The third kappa shape index (κ3) is 5.45. The number of methoxy groups -OCH3 is 2. The summed E-state index contributed by atoms with van der Waals surface area (Å²) in [5.41, 5.74) is 0.860. The Balaban J connectivity index is 1.76. The van der Waals surface area contributed by atoms with Crippen LogP contribution in [0.25, 0.3) is 0 Å². The van der Waals surface area contributed by atoms with E-state index in [1.165, 1.54) is 0 Å². The number of carbonyl (C=O) groups excluding carboxylic acids is 1. The minimum Gasteiger partial charge on any atom is -0.493 e. The first kappa shape index (κ1) is 18.1. The topological polar surface area (TPSA) is 56.8 Å². The number of rotatable bonds is 8. The van der Waals surface area contributed by atoms with E-state index in [2.05, 4.69) is 21.2 Å². The summed E-state index contributed by atoms with van der Waals surface area (Å²) in [6.45, 7) is 0.863. The number of benzene rings is 2. The lowest BCUT2D eigenvalue weighted by Gasteiger charge is -2.10. The number of nitrogens with one attached hydrogen (secondary N) is 1. The second-order valence-electron chi connectivity index (χ2n) is 5.02. The summed E-state index contributed by atoms with van der Waals surface area (Å²) >= 11 is 3.37. The molecule has 0 aliphatic rings. The third-order valence-corrected chi connectivity index (χ3v) is 3.85. The van der Waals surface area contributed by atoms with Crippen LogP contribution in [-0.4, -0.2) is 33.3 Å². The Labute approximate surface area is 150 Å². The van der Waals surface area contributed by atoms with Crippen molar-refractivity contribution in [1.29, 1.82) is 0 Å².